The highest BCUT2D eigenvalue weighted by molar-refractivity contribution is 5.79. The molecule has 0 bridgehead atoms. The number of benzene rings is 1. The Bertz CT molecular complexity index is 817. The molecule has 2 saturated heterocycles. The predicted octanol–water partition coefficient (Wildman–Crippen LogP) is 3.38. The number of rotatable bonds is 6. The van der Waals surface area contributed by atoms with E-state index in [2.05, 4.69) is 51.3 Å². The molecule has 0 spiro atoms. The molecule has 30 heavy (non-hydrogen) atoms. The van der Waals surface area contributed by atoms with Crippen LogP contribution >= 0.6 is 0 Å². The second-order valence-corrected chi connectivity index (χ2v) is 8.84. The van der Waals surface area contributed by atoms with Gasteiger partial charge in [0.15, 0.2) is 0 Å². The third-order valence-corrected chi connectivity index (χ3v) is 6.77. The van der Waals surface area contributed by atoms with E-state index in [0.717, 1.165) is 45.6 Å². The van der Waals surface area contributed by atoms with Crippen LogP contribution in [0.2, 0.25) is 0 Å². The van der Waals surface area contributed by atoms with Crippen molar-refractivity contribution in [1.29, 1.82) is 0 Å². The van der Waals surface area contributed by atoms with Crippen molar-refractivity contribution in [2.24, 2.45) is 5.92 Å². The second kappa shape index (κ2) is 10.2. The Morgan fingerprint density at radius 2 is 1.83 bits per heavy atom. The van der Waals surface area contributed by atoms with Gasteiger partial charge in [0.05, 0.1) is 5.92 Å². The maximum absolute atomic E-state index is 12.8. The molecule has 5 heteroatoms. The van der Waals surface area contributed by atoms with Crippen molar-refractivity contribution in [1.82, 2.24) is 20.1 Å². The van der Waals surface area contributed by atoms with Crippen LogP contribution in [0.3, 0.4) is 0 Å². The molecule has 1 N–H and O–H groups in total. The molecule has 4 rings (SSSR count). The molecule has 2 fully saturated rings. The SMILES string of the molecule is Cc1ccccc1CNC(=O)[C@@H]1CCCN(C2CCN(Cc3ccncc3)CC2)C1. The number of piperidine rings is 2. The van der Waals surface area contributed by atoms with Gasteiger partial charge in [0.1, 0.15) is 0 Å². The molecule has 3 heterocycles. The van der Waals surface area contributed by atoms with Crippen molar-refractivity contribution < 1.29 is 4.79 Å². The van der Waals surface area contributed by atoms with Crippen molar-refractivity contribution in [3.8, 4) is 0 Å². The van der Waals surface area contributed by atoms with E-state index in [1.165, 1.54) is 29.5 Å². The van der Waals surface area contributed by atoms with Crippen molar-refractivity contribution in [2.45, 2.75) is 51.7 Å². The van der Waals surface area contributed by atoms with Crippen LogP contribution in [0.4, 0.5) is 0 Å². The van der Waals surface area contributed by atoms with E-state index < -0.39 is 0 Å². The molecule has 0 unspecified atom stereocenters. The Labute approximate surface area is 180 Å². The topological polar surface area (TPSA) is 48.5 Å². The molecule has 2 aromatic rings. The van der Waals surface area contributed by atoms with Gasteiger partial charge in [-0.3, -0.25) is 19.6 Å². The Morgan fingerprint density at radius 3 is 2.60 bits per heavy atom. The lowest BCUT2D eigenvalue weighted by molar-refractivity contribution is -0.127. The van der Waals surface area contributed by atoms with Gasteiger partial charge in [0.2, 0.25) is 5.91 Å². The average Bonchev–Trinajstić information content (AvgIpc) is 2.80. The van der Waals surface area contributed by atoms with Crippen LogP contribution < -0.4 is 5.32 Å². The largest absolute Gasteiger partial charge is 0.352 e. The highest BCUT2D eigenvalue weighted by atomic mass is 16.1. The molecule has 1 amide bonds. The number of nitrogens with one attached hydrogen (secondary N) is 1. The van der Waals surface area contributed by atoms with Gasteiger partial charge in [-0.1, -0.05) is 24.3 Å². The summed E-state index contributed by atoms with van der Waals surface area (Å²) in [5.41, 5.74) is 3.79. The summed E-state index contributed by atoms with van der Waals surface area (Å²) in [5.74, 6) is 0.343. The van der Waals surface area contributed by atoms with Gasteiger partial charge in [-0.15, -0.1) is 0 Å². The number of nitrogens with zero attached hydrogens (tertiary/aromatic N) is 3. The average molecular weight is 407 g/mol. The van der Waals surface area contributed by atoms with E-state index in [-0.39, 0.29) is 11.8 Å². The molecule has 1 aromatic carbocycles. The zero-order chi connectivity index (χ0) is 20.8. The van der Waals surface area contributed by atoms with E-state index in [9.17, 15) is 4.79 Å². The molecule has 0 aliphatic carbocycles. The third-order valence-electron chi connectivity index (χ3n) is 6.77. The number of carbonyl (C=O) groups excluding carboxylic acids is 1. The number of amides is 1. The number of hydrogen-bond acceptors (Lipinski definition) is 4. The van der Waals surface area contributed by atoms with Gasteiger partial charge in [0.25, 0.3) is 0 Å². The Morgan fingerprint density at radius 1 is 1.07 bits per heavy atom. The first-order valence-corrected chi connectivity index (χ1v) is 11.4. The maximum atomic E-state index is 12.8. The standard InChI is InChI=1S/C25H34N4O/c1-20-5-2-3-6-22(20)17-27-25(30)23-7-4-14-29(19-23)24-10-15-28(16-11-24)18-21-8-12-26-13-9-21/h2-3,5-6,8-9,12-13,23-24H,4,7,10-11,14-19H2,1H3,(H,27,30)/t23-/m1/s1. The quantitative estimate of drug-likeness (QED) is 0.799. The fraction of sp³-hybridized carbons (Fsp3) is 0.520. The molecule has 160 valence electrons. The summed E-state index contributed by atoms with van der Waals surface area (Å²) >= 11 is 0. The van der Waals surface area contributed by atoms with Crippen LogP contribution in [0.25, 0.3) is 0 Å². The smallest absolute Gasteiger partial charge is 0.224 e. The molecule has 5 nitrogen and oxygen atoms in total. The second-order valence-electron chi connectivity index (χ2n) is 8.84. The fourth-order valence-corrected chi connectivity index (χ4v) is 4.88. The van der Waals surface area contributed by atoms with Crippen molar-refractivity contribution >= 4 is 5.91 Å². The Balaban J connectivity index is 1.24. The zero-order valence-electron chi connectivity index (χ0n) is 18.1. The summed E-state index contributed by atoms with van der Waals surface area (Å²) in [4.78, 5) is 22.1. The first kappa shape index (κ1) is 21.0. The summed E-state index contributed by atoms with van der Waals surface area (Å²) in [5, 5.41) is 3.19. The summed E-state index contributed by atoms with van der Waals surface area (Å²) < 4.78 is 0. The van der Waals surface area contributed by atoms with E-state index in [1.807, 2.05) is 24.5 Å². The maximum Gasteiger partial charge on any atom is 0.224 e. The van der Waals surface area contributed by atoms with Gasteiger partial charge >= 0.3 is 0 Å². The Kier molecular flexibility index (Phi) is 7.13. The van der Waals surface area contributed by atoms with E-state index in [0.29, 0.717) is 12.6 Å². The van der Waals surface area contributed by atoms with Gasteiger partial charge in [0, 0.05) is 38.1 Å². The van der Waals surface area contributed by atoms with Crippen LogP contribution in [-0.2, 0) is 17.9 Å². The molecule has 1 aromatic heterocycles. The lowest BCUT2D eigenvalue weighted by atomic mass is 9.93. The van der Waals surface area contributed by atoms with E-state index in [4.69, 9.17) is 0 Å². The summed E-state index contributed by atoms with van der Waals surface area (Å²) in [6.45, 7) is 8.06. The summed E-state index contributed by atoms with van der Waals surface area (Å²) in [6, 6.07) is 13.1. The number of carbonyl (C=O) groups is 1. The van der Waals surface area contributed by atoms with Crippen molar-refractivity contribution in [3.05, 3.63) is 65.5 Å². The number of likely N-dealkylation sites (tertiary alicyclic amines) is 2. The minimum Gasteiger partial charge on any atom is -0.352 e. The van der Waals surface area contributed by atoms with Crippen LogP contribution in [0, 0.1) is 12.8 Å². The van der Waals surface area contributed by atoms with Crippen LogP contribution in [0.5, 0.6) is 0 Å². The summed E-state index contributed by atoms with van der Waals surface area (Å²) in [6.07, 6.45) is 8.28. The third kappa shape index (κ3) is 5.46. The Hall–Kier alpha value is -2.24. The lowest BCUT2D eigenvalue weighted by Gasteiger charge is -2.42. The highest BCUT2D eigenvalue weighted by Crippen LogP contribution is 2.25. The van der Waals surface area contributed by atoms with Crippen LogP contribution in [-0.4, -0.2) is 52.9 Å². The van der Waals surface area contributed by atoms with E-state index in [1.54, 1.807) is 0 Å². The minimum absolute atomic E-state index is 0.123. The van der Waals surface area contributed by atoms with Crippen LogP contribution in [0.15, 0.2) is 48.8 Å². The molecule has 2 aliphatic rings. The van der Waals surface area contributed by atoms with Gasteiger partial charge in [-0.2, -0.15) is 0 Å². The molecular weight excluding hydrogens is 372 g/mol. The number of aryl methyl sites for hydroxylation is 1. The number of aromatic nitrogens is 1. The lowest BCUT2D eigenvalue weighted by Crippen LogP contribution is -2.50. The molecule has 2 aliphatic heterocycles. The van der Waals surface area contributed by atoms with Crippen molar-refractivity contribution in [2.75, 3.05) is 26.2 Å². The fourth-order valence-electron chi connectivity index (χ4n) is 4.88. The highest BCUT2D eigenvalue weighted by Gasteiger charge is 2.31. The minimum atomic E-state index is 0.123. The van der Waals surface area contributed by atoms with E-state index >= 15 is 0 Å². The zero-order valence-corrected chi connectivity index (χ0v) is 18.1. The van der Waals surface area contributed by atoms with Crippen molar-refractivity contribution in [3.63, 3.8) is 0 Å². The first-order valence-electron chi connectivity index (χ1n) is 11.4. The normalized spacial score (nSPS) is 21.4. The molecular formula is C25H34N4O. The molecule has 0 radical (unpaired) electrons. The molecule has 0 saturated carbocycles. The van der Waals surface area contributed by atoms with Crippen LogP contribution in [0.1, 0.15) is 42.4 Å². The van der Waals surface area contributed by atoms with Gasteiger partial charge in [-0.05, 0) is 81.1 Å². The monoisotopic (exact) mass is 406 g/mol. The first-order chi connectivity index (χ1) is 14.7. The van der Waals surface area contributed by atoms with Gasteiger partial charge in [-0.25, -0.2) is 0 Å². The number of hydrogen-bond donors (Lipinski definition) is 1. The predicted molar refractivity (Wildman–Crippen MR) is 120 cm³/mol. The van der Waals surface area contributed by atoms with Gasteiger partial charge < -0.3 is 5.32 Å². The summed E-state index contributed by atoms with van der Waals surface area (Å²) in [7, 11) is 0. The molecule has 1 atom stereocenters. The number of pyridine rings is 1.